The molecule has 126 valence electrons. The van der Waals surface area contributed by atoms with Gasteiger partial charge in [0.1, 0.15) is 0 Å². The van der Waals surface area contributed by atoms with Crippen LogP contribution in [0.3, 0.4) is 0 Å². The Kier molecular flexibility index (Phi) is 4.38. The Morgan fingerprint density at radius 1 is 1.33 bits per heavy atom. The molecule has 0 aliphatic carbocycles. The van der Waals surface area contributed by atoms with Gasteiger partial charge in [0.25, 0.3) is 0 Å². The van der Waals surface area contributed by atoms with Crippen LogP contribution >= 0.6 is 0 Å². The Labute approximate surface area is 141 Å². The Balaban J connectivity index is 1.84. The number of benzene rings is 1. The minimum Gasteiger partial charge on any atom is -0.312 e. The van der Waals surface area contributed by atoms with E-state index in [9.17, 15) is 13.2 Å². The minimum atomic E-state index is -3.67. The van der Waals surface area contributed by atoms with E-state index in [2.05, 4.69) is 9.71 Å². The third-order valence-electron chi connectivity index (χ3n) is 4.19. The van der Waals surface area contributed by atoms with Gasteiger partial charge in [-0.3, -0.25) is 9.78 Å². The van der Waals surface area contributed by atoms with Gasteiger partial charge in [0.2, 0.25) is 15.9 Å². The molecule has 2 aromatic rings. The summed E-state index contributed by atoms with van der Waals surface area (Å²) >= 11 is 0. The number of aromatic nitrogens is 1. The van der Waals surface area contributed by atoms with E-state index in [4.69, 9.17) is 0 Å². The van der Waals surface area contributed by atoms with E-state index >= 15 is 0 Å². The summed E-state index contributed by atoms with van der Waals surface area (Å²) in [7, 11) is -3.67. The van der Waals surface area contributed by atoms with Crippen LogP contribution in [0.1, 0.15) is 23.7 Å². The summed E-state index contributed by atoms with van der Waals surface area (Å²) in [5.41, 5.74) is 3.29. The van der Waals surface area contributed by atoms with Crippen LogP contribution in [0.4, 0.5) is 5.69 Å². The molecular formula is C17H19N3O3S. The van der Waals surface area contributed by atoms with Crippen molar-refractivity contribution >= 4 is 21.6 Å². The van der Waals surface area contributed by atoms with Gasteiger partial charge in [0.05, 0.1) is 17.1 Å². The third-order valence-corrected chi connectivity index (χ3v) is 5.59. The van der Waals surface area contributed by atoms with Crippen molar-refractivity contribution in [2.24, 2.45) is 0 Å². The lowest BCUT2D eigenvalue weighted by molar-refractivity contribution is -0.116. The number of hydrogen-bond acceptors (Lipinski definition) is 4. The number of sulfonamides is 1. The fourth-order valence-electron chi connectivity index (χ4n) is 2.80. The third kappa shape index (κ3) is 3.18. The molecule has 3 rings (SSSR count). The number of carbonyl (C=O) groups excluding carboxylic acids is 1. The van der Waals surface area contributed by atoms with Gasteiger partial charge in [0.15, 0.2) is 0 Å². The summed E-state index contributed by atoms with van der Waals surface area (Å²) in [5, 5.41) is 0. The molecule has 0 saturated carbocycles. The number of hydrogen-bond donors (Lipinski definition) is 1. The van der Waals surface area contributed by atoms with Crippen LogP contribution in [-0.4, -0.2) is 25.9 Å². The van der Waals surface area contributed by atoms with Crippen molar-refractivity contribution in [2.45, 2.75) is 31.7 Å². The summed E-state index contributed by atoms with van der Waals surface area (Å²) in [4.78, 5) is 17.6. The highest BCUT2D eigenvalue weighted by Gasteiger charge is 2.25. The molecule has 0 radical (unpaired) electrons. The van der Waals surface area contributed by atoms with E-state index in [-0.39, 0.29) is 17.3 Å². The number of rotatable bonds is 4. The van der Waals surface area contributed by atoms with Gasteiger partial charge in [-0.1, -0.05) is 12.1 Å². The first-order chi connectivity index (χ1) is 11.4. The molecule has 0 bridgehead atoms. The number of carbonyl (C=O) groups is 1. The lowest BCUT2D eigenvalue weighted by Gasteiger charge is -2.16. The molecule has 0 saturated heterocycles. The zero-order valence-electron chi connectivity index (χ0n) is 13.6. The second-order valence-corrected chi connectivity index (χ2v) is 7.57. The molecule has 0 spiro atoms. The van der Waals surface area contributed by atoms with Gasteiger partial charge in [-0.05, 0) is 42.7 Å². The molecule has 0 fully saturated rings. The minimum absolute atomic E-state index is 0.0830. The molecule has 1 aromatic heterocycles. The van der Waals surface area contributed by atoms with E-state index < -0.39 is 10.0 Å². The van der Waals surface area contributed by atoms with Crippen LogP contribution in [0.5, 0.6) is 0 Å². The SMILES string of the molecule is CC(=O)N1CCc2ccc(S(=O)(=O)NCc3ncccc3C)cc21. The number of aryl methyl sites for hydroxylation is 1. The molecule has 0 unspecified atom stereocenters. The summed E-state index contributed by atoms with van der Waals surface area (Å²) in [6.07, 6.45) is 2.38. The zero-order chi connectivity index (χ0) is 17.3. The van der Waals surface area contributed by atoms with E-state index in [1.165, 1.54) is 6.92 Å². The molecule has 1 amide bonds. The summed E-state index contributed by atoms with van der Waals surface area (Å²) < 4.78 is 27.7. The molecular weight excluding hydrogens is 326 g/mol. The highest BCUT2D eigenvalue weighted by atomic mass is 32.2. The molecule has 1 aliphatic rings. The van der Waals surface area contributed by atoms with Gasteiger partial charge in [-0.15, -0.1) is 0 Å². The van der Waals surface area contributed by atoms with Crippen LogP contribution < -0.4 is 9.62 Å². The van der Waals surface area contributed by atoms with Gasteiger partial charge in [0, 0.05) is 25.4 Å². The quantitative estimate of drug-likeness (QED) is 0.916. The van der Waals surface area contributed by atoms with Crippen LogP contribution in [0.2, 0.25) is 0 Å². The average molecular weight is 345 g/mol. The first kappa shape index (κ1) is 16.6. The van der Waals surface area contributed by atoms with Crippen molar-refractivity contribution in [3.8, 4) is 0 Å². The van der Waals surface area contributed by atoms with Gasteiger partial charge < -0.3 is 4.90 Å². The van der Waals surface area contributed by atoms with Gasteiger partial charge in [-0.2, -0.15) is 0 Å². The molecule has 1 aromatic carbocycles. The first-order valence-corrected chi connectivity index (χ1v) is 9.18. The molecule has 6 nitrogen and oxygen atoms in total. The maximum absolute atomic E-state index is 12.6. The topological polar surface area (TPSA) is 79.4 Å². The second kappa shape index (κ2) is 6.33. The van der Waals surface area contributed by atoms with E-state index in [0.717, 1.165) is 17.5 Å². The molecule has 7 heteroatoms. The first-order valence-electron chi connectivity index (χ1n) is 7.69. The van der Waals surface area contributed by atoms with Crippen molar-refractivity contribution in [1.29, 1.82) is 0 Å². The highest BCUT2D eigenvalue weighted by Crippen LogP contribution is 2.30. The van der Waals surface area contributed by atoms with Crippen molar-refractivity contribution < 1.29 is 13.2 Å². The van der Waals surface area contributed by atoms with Crippen molar-refractivity contribution in [1.82, 2.24) is 9.71 Å². The van der Waals surface area contributed by atoms with Crippen molar-refractivity contribution in [3.63, 3.8) is 0 Å². The van der Waals surface area contributed by atoms with Gasteiger partial charge >= 0.3 is 0 Å². The second-order valence-electron chi connectivity index (χ2n) is 5.80. The number of nitrogens with zero attached hydrogens (tertiary/aromatic N) is 2. The number of nitrogens with one attached hydrogen (secondary N) is 1. The maximum atomic E-state index is 12.6. The Bertz CT molecular complexity index is 894. The normalized spacial score (nSPS) is 13.8. The van der Waals surface area contributed by atoms with E-state index in [1.54, 1.807) is 29.3 Å². The molecule has 24 heavy (non-hydrogen) atoms. The molecule has 0 atom stereocenters. The fourth-order valence-corrected chi connectivity index (χ4v) is 3.81. The van der Waals surface area contributed by atoms with E-state index in [1.807, 2.05) is 19.1 Å². The summed E-state index contributed by atoms with van der Waals surface area (Å²) in [6, 6.07) is 8.62. The molecule has 1 N–H and O–H groups in total. The molecule has 1 aliphatic heterocycles. The van der Waals surface area contributed by atoms with Crippen molar-refractivity contribution in [3.05, 3.63) is 53.3 Å². The fraction of sp³-hybridized carbons (Fsp3) is 0.294. The Morgan fingerprint density at radius 3 is 2.83 bits per heavy atom. The summed E-state index contributed by atoms with van der Waals surface area (Å²) in [5.74, 6) is -0.0830. The predicted molar refractivity (Wildman–Crippen MR) is 91.2 cm³/mol. The predicted octanol–water partition coefficient (Wildman–Crippen LogP) is 1.78. The zero-order valence-corrected chi connectivity index (χ0v) is 14.4. The standard InChI is InChI=1S/C17H19N3O3S/c1-12-4-3-8-18-16(12)11-19-24(22,23)15-6-5-14-7-9-20(13(2)21)17(14)10-15/h3-6,8,10,19H,7,9,11H2,1-2H3. The summed E-state index contributed by atoms with van der Waals surface area (Å²) in [6.45, 7) is 4.09. The highest BCUT2D eigenvalue weighted by molar-refractivity contribution is 7.89. The number of amides is 1. The van der Waals surface area contributed by atoms with Crippen LogP contribution in [-0.2, 0) is 27.8 Å². The Hall–Kier alpha value is -2.25. The van der Waals surface area contributed by atoms with Crippen LogP contribution in [0.25, 0.3) is 0 Å². The van der Waals surface area contributed by atoms with Gasteiger partial charge in [-0.25, -0.2) is 13.1 Å². The largest absolute Gasteiger partial charge is 0.312 e. The number of anilines is 1. The van der Waals surface area contributed by atoms with E-state index in [0.29, 0.717) is 17.9 Å². The number of pyridine rings is 1. The maximum Gasteiger partial charge on any atom is 0.240 e. The lowest BCUT2D eigenvalue weighted by atomic mass is 10.2. The Morgan fingerprint density at radius 2 is 2.12 bits per heavy atom. The molecule has 2 heterocycles. The number of fused-ring (bicyclic) bond motifs is 1. The lowest BCUT2D eigenvalue weighted by Crippen LogP contribution is -2.27. The van der Waals surface area contributed by atoms with Crippen LogP contribution in [0, 0.1) is 6.92 Å². The monoisotopic (exact) mass is 345 g/mol. The van der Waals surface area contributed by atoms with Crippen molar-refractivity contribution in [2.75, 3.05) is 11.4 Å². The smallest absolute Gasteiger partial charge is 0.240 e. The average Bonchev–Trinajstić information content (AvgIpc) is 2.97. The van der Waals surface area contributed by atoms with Crippen LogP contribution in [0.15, 0.2) is 41.4 Å².